The molecule has 0 radical (unpaired) electrons. The Kier molecular flexibility index (Phi) is 4.12. The van der Waals surface area contributed by atoms with Crippen LogP contribution in [0, 0.1) is 6.92 Å². The lowest BCUT2D eigenvalue weighted by molar-refractivity contribution is -0.136. The number of halogens is 2. The molecule has 19 heavy (non-hydrogen) atoms. The van der Waals surface area contributed by atoms with E-state index in [1.165, 1.54) is 0 Å². The molecule has 0 aliphatic heterocycles. The standard InChI is InChI=1S/C13H12Cl2N2O2/c1-8-9(2-5-13(18)19)7-16-17(8)10-3-4-11(14)12(15)6-10/h3-4,6-7H,2,5H2,1H3,(H,18,19). The van der Waals surface area contributed by atoms with Crippen LogP contribution in [0.4, 0.5) is 0 Å². The van der Waals surface area contributed by atoms with Gasteiger partial charge in [0.15, 0.2) is 0 Å². The number of rotatable bonds is 4. The monoisotopic (exact) mass is 298 g/mol. The second-order valence-corrected chi connectivity index (χ2v) is 4.97. The van der Waals surface area contributed by atoms with Gasteiger partial charge in [0.1, 0.15) is 0 Å². The van der Waals surface area contributed by atoms with E-state index in [-0.39, 0.29) is 6.42 Å². The first-order valence-corrected chi connectivity index (χ1v) is 6.45. The molecule has 0 fully saturated rings. The van der Waals surface area contributed by atoms with Gasteiger partial charge in [-0.15, -0.1) is 0 Å². The first-order chi connectivity index (χ1) is 8.99. The van der Waals surface area contributed by atoms with Crippen LogP contribution in [0.15, 0.2) is 24.4 Å². The topological polar surface area (TPSA) is 55.1 Å². The highest BCUT2D eigenvalue weighted by molar-refractivity contribution is 6.42. The van der Waals surface area contributed by atoms with E-state index in [1.54, 1.807) is 23.0 Å². The Balaban J connectivity index is 2.30. The summed E-state index contributed by atoms with van der Waals surface area (Å²) in [4.78, 5) is 10.6. The van der Waals surface area contributed by atoms with E-state index in [2.05, 4.69) is 5.10 Å². The molecular formula is C13H12Cl2N2O2. The van der Waals surface area contributed by atoms with Crippen LogP contribution in [0.3, 0.4) is 0 Å². The van der Waals surface area contributed by atoms with Crippen LogP contribution in [-0.4, -0.2) is 20.9 Å². The summed E-state index contributed by atoms with van der Waals surface area (Å²) in [6.45, 7) is 1.90. The van der Waals surface area contributed by atoms with Gasteiger partial charge >= 0.3 is 5.97 Å². The minimum Gasteiger partial charge on any atom is -0.481 e. The van der Waals surface area contributed by atoms with Crippen LogP contribution in [0.25, 0.3) is 5.69 Å². The van der Waals surface area contributed by atoms with E-state index in [1.807, 2.05) is 13.0 Å². The number of nitrogens with zero attached hydrogens (tertiary/aromatic N) is 2. The molecule has 2 aromatic rings. The van der Waals surface area contributed by atoms with Gasteiger partial charge in [-0.1, -0.05) is 23.2 Å². The van der Waals surface area contributed by atoms with Crippen molar-refractivity contribution in [3.05, 3.63) is 45.7 Å². The van der Waals surface area contributed by atoms with Crippen molar-refractivity contribution < 1.29 is 9.90 Å². The van der Waals surface area contributed by atoms with Crippen molar-refractivity contribution in [3.63, 3.8) is 0 Å². The Labute approximate surface area is 120 Å². The zero-order valence-electron chi connectivity index (χ0n) is 10.2. The molecule has 0 saturated carbocycles. The summed E-state index contributed by atoms with van der Waals surface area (Å²) in [6, 6.07) is 5.25. The fourth-order valence-corrected chi connectivity index (χ4v) is 2.10. The first kappa shape index (κ1) is 13.9. The molecule has 4 nitrogen and oxygen atoms in total. The highest BCUT2D eigenvalue weighted by Crippen LogP contribution is 2.25. The first-order valence-electron chi connectivity index (χ1n) is 5.69. The maximum atomic E-state index is 10.6. The molecule has 0 unspecified atom stereocenters. The molecule has 1 heterocycles. The molecule has 1 aromatic heterocycles. The van der Waals surface area contributed by atoms with Crippen LogP contribution < -0.4 is 0 Å². The Hall–Kier alpha value is -1.52. The van der Waals surface area contributed by atoms with Crippen LogP contribution >= 0.6 is 23.2 Å². The third-order valence-electron chi connectivity index (χ3n) is 2.87. The minimum absolute atomic E-state index is 0.0912. The van der Waals surface area contributed by atoms with E-state index < -0.39 is 5.97 Å². The molecule has 0 aliphatic carbocycles. The van der Waals surface area contributed by atoms with Crippen molar-refractivity contribution in [1.82, 2.24) is 9.78 Å². The predicted molar refractivity (Wildman–Crippen MR) is 74.3 cm³/mol. The summed E-state index contributed by atoms with van der Waals surface area (Å²) >= 11 is 11.8. The van der Waals surface area contributed by atoms with Gasteiger partial charge in [0.2, 0.25) is 0 Å². The molecule has 2 rings (SSSR count). The summed E-state index contributed by atoms with van der Waals surface area (Å²) in [5.74, 6) is -0.818. The van der Waals surface area contributed by atoms with E-state index in [4.69, 9.17) is 28.3 Å². The summed E-state index contributed by atoms with van der Waals surface area (Å²) in [5.41, 5.74) is 2.61. The third-order valence-corrected chi connectivity index (χ3v) is 3.61. The van der Waals surface area contributed by atoms with E-state index in [0.717, 1.165) is 16.9 Å². The van der Waals surface area contributed by atoms with Crippen molar-refractivity contribution in [1.29, 1.82) is 0 Å². The molecular weight excluding hydrogens is 287 g/mol. The van der Waals surface area contributed by atoms with Crippen LogP contribution in [0.2, 0.25) is 10.0 Å². The molecule has 6 heteroatoms. The van der Waals surface area contributed by atoms with Gasteiger partial charge in [0.25, 0.3) is 0 Å². The average molecular weight is 299 g/mol. The van der Waals surface area contributed by atoms with Crippen molar-refractivity contribution in [2.24, 2.45) is 0 Å². The lowest BCUT2D eigenvalue weighted by Crippen LogP contribution is -2.01. The van der Waals surface area contributed by atoms with Crippen molar-refractivity contribution in [2.75, 3.05) is 0 Å². The summed E-state index contributed by atoms with van der Waals surface area (Å²) < 4.78 is 1.72. The molecule has 1 N–H and O–H groups in total. The lowest BCUT2D eigenvalue weighted by atomic mass is 10.1. The van der Waals surface area contributed by atoms with Gasteiger partial charge in [-0.3, -0.25) is 4.79 Å². The van der Waals surface area contributed by atoms with Crippen LogP contribution in [0.5, 0.6) is 0 Å². The number of carbonyl (C=O) groups is 1. The Morgan fingerprint density at radius 1 is 1.37 bits per heavy atom. The van der Waals surface area contributed by atoms with Crippen molar-refractivity contribution >= 4 is 29.2 Å². The Morgan fingerprint density at radius 2 is 2.11 bits per heavy atom. The largest absolute Gasteiger partial charge is 0.481 e. The molecule has 0 atom stereocenters. The number of aryl methyl sites for hydroxylation is 1. The maximum Gasteiger partial charge on any atom is 0.303 e. The Morgan fingerprint density at radius 3 is 2.74 bits per heavy atom. The van der Waals surface area contributed by atoms with E-state index >= 15 is 0 Å². The molecule has 0 bridgehead atoms. The second-order valence-electron chi connectivity index (χ2n) is 4.16. The van der Waals surface area contributed by atoms with Crippen LogP contribution in [0.1, 0.15) is 17.7 Å². The summed E-state index contributed by atoms with van der Waals surface area (Å²) in [7, 11) is 0. The second kappa shape index (κ2) is 5.63. The van der Waals surface area contributed by atoms with Crippen LogP contribution in [-0.2, 0) is 11.2 Å². The van der Waals surface area contributed by atoms with Crippen molar-refractivity contribution in [3.8, 4) is 5.69 Å². The number of aromatic nitrogens is 2. The number of carboxylic acids is 1. The number of benzene rings is 1. The van der Waals surface area contributed by atoms with Gasteiger partial charge in [0, 0.05) is 12.1 Å². The zero-order chi connectivity index (χ0) is 14.0. The minimum atomic E-state index is -0.818. The maximum absolute atomic E-state index is 10.6. The predicted octanol–water partition coefficient (Wildman–Crippen LogP) is 3.50. The highest BCUT2D eigenvalue weighted by Gasteiger charge is 2.10. The lowest BCUT2D eigenvalue weighted by Gasteiger charge is -2.06. The molecule has 1 aromatic carbocycles. The quantitative estimate of drug-likeness (QED) is 0.940. The van der Waals surface area contributed by atoms with Gasteiger partial charge in [-0.25, -0.2) is 4.68 Å². The zero-order valence-corrected chi connectivity index (χ0v) is 11.7. The van der Waals surface area contributed by atoms with E-state index in [9.17, 15) is 4.79 Å². The molecule has 0 amide bonds. The smallest absolute Gasteiger partial charge is 0.303 e. The van der Waals surface area contributed by atoms with Gasteiger partial charge < -0.3 is 5.11 Å². The summed E-state index contributed by atoms with van der Waals surface area (Å²) in [6.07, 6.45) is 2.23. The third kappa shape index (κ3) is 3.08. The van der Waals surface area contributed by atoms with Gasteiger partial charge in [0.05, 0.1) is 21.9 Å². The summed E-state index contributed by atoms with van der Waals surface area (Å²) in [5, 5.41) is 13.9. The fourth-order valence-electron chi connectivity index (χ4n) is 1.81. The molecule has 0 saturated heterocycles. The number of hydrogen-bond acceptors (Lipinski definition) is 2. The fraction of sp³-hybridized carbons (Fsp3) is 0.231. The number of aliphatic carboxylic acids is 1. The highest BCUT2D eigenvalue weighted by atomic mass is 35.5. The van der Waals surface area contributed by atoms with E-state index in [0.29, 0.717) is 16.5 Å². The van der Waals surface area contributed by atoms with Gasteiger partial charge in [-0.2, -0.15) is 5.10 Å². The SMILES string of the molecule is Cc1c(CCC(=O)O)cnn1-c1ccc(Cl)c(Cl)c1. The average Bonchev–Trinajstić information content (AvgIpc) is 2.72. The van der Waals surface area contributed by atoms with Crippen molar-refractivity contribution in [2.45, 2.75) is 19.8 Å². The molecule has 0 aliphatic rings. The Bertz CT molecular complexity index is 623. The number of carboxylic acid groups (broad SMARTS) is 1. The normalized spacial score (nSPS) is 10.7. The number of hydrogen-bond donors (Lipinski definition) is 1. The molecule has 100 valence electrons. The molecule has 0 spiro atoms. The van der Waals surface area contributed by atoms with Gasteiger partial charge in [-0.05, 0) is 37.1 Å².